The molecule has 0 bridgehead atoms. The number of benzene rings is 2. The van der Waals surface area contributed by atoms with E-state index in [0.717, 1.165) is 27.6 Å². The second-order valence-corrected chi connectivity index (χ2v) is 6.88. The van der Waals surface area contributed by atoms with Crippen molar-refractivity contribution in [2.75, 3.05) is 0 Å². The van der Waals surface area contributed by atoms with Crippen molar-refractivity contribution in [3.05, 3.63) is 66.1 Å². The third-order valence-corrected chi connectivity index (χ3v) is 5.35. The Kier molecular flexibility index (Phi) is 3.34. The van der Waals surface area contributed by atoms with E-state index in [1.54, 1.807) is 6.07 Å². The van der Waals surface area contributed by atoms with Crippen molar-refractivity contribution in [2.45, 2.75) is 31.6 Å². The zero-order valence-electron chi connectivity index (χ0n) is 13.8. The minimum absolute atomic E-state index is 0.283. The Bertz CT molecular complexity index is 1080. The topological polar surface area (TPSA) is 26.0 Å². The molecule has 1 fully saturated rings. The summed E-state index contributed by atoms with van der Waals surface area (Å²) in [6.07, 6.45) is 7.04. The van der Waals surface area contributed by atoms with Crippen LogP contribution in [0.2, 0.25) is 0 Å². The number of hydrogen-bond acceptors (Lipinski definition) is 2. The fraction of sp³-hybridized carbons (Fsp3) is 0.227. The standard InChI is InChI=1S/C22H18FNO/c23-16-8-9-17-18-6-3-7-19(22(18)25-21(17)13-16)20-12-15(10-11-24-20)14-4-1-2-5-14/h3,6-14H,1-2,4-5H2. The van der Waals surface area contributed by atoms with Gasteiger partial charge in [0.15, 0.2) is 0 Å². The van der Waals surface area contributed by atoms with Crippen molar-refractivity contribution in [2.24, 2.45) is 0 Å². The predicted molar refractivity (Wildman–Crippen MR) is 98.1 cm³/mol. The Morgan fingerprint density at radius 1 is 0.960 bits per heavy atom. The van der Waals surface area contributed by atoms with Crippen LogP contribution in [0.4, 0.5) is 4.39 Å². The van der Waals surface area contributed by atoms with E-state index < -0.39 is 0 Å². The van der Waals surface area contributed by atoms with Crippen LogP contribution in [0, 0.1) is 5.82 Å². The number of furan rings is 1. The van der Waals surface area contributed by atoms with Gasteiger partial charge in [0.1, 0.15) is 17.0 Å². The van der Waals surface area contributed by atoms with E-state index in [4.69, 9.17) is 4.42 Å². The van der Waals surface area contributed by atoms with Gasteiger partial charge >= 0.3 is 0 Å². The first-order valence-electron chi connectivity index (χ1n) is 8.87. The minimum atomic E-state index is -0.283. The van der Waals surface area contributed by atoms with Gasteiger partial charge in [-0.1, -0.05) is 25.0 Å². The number of fused-ring (bicyclic) bond motifs is 3. The molecule has 5 rings (SSSR count). The van der Waals surface area contributed by atoms with Crippen LogP contribution in [0.25, 0.3) is 33.2 Å². The van der Waals surface area contributed by atoms with Gasteiger partial charge in [-0.15, -0.1) is 0 Å². The molecule has 0 aliphatic heterocycles. The van der Waals surface area contributed by atoms with E-state index in [0.29, 0.717) is 11.5 Å². The summed E-state index contributed by atoms with van der Waals surface area (Å²) >= 11 is 0. The molecule has 3 heteroatoms. The maximum atomic E-state index is 13.5. The van der Waals surface area contributed by atoms with Crippen molar-refractivity contribution in [3.8, 4) is 11.3 Å². The van der Waals surface area contributed by atoms with E-state index in [9.17, 15) is 4.39 Å². The average molecular weight is 331 g/mol. The molecule has 0 radical (unpaired) electrons. The maximum Gasteiger partial charge on any atom is 0.144 e. The third kappa shape index (κ3) is 2.42. The van der Waals surface area contributed by atoms with E-state index in [-0.39, 0.29) is 5.82 Å². The van der Waals surface area contributed by atoms with Gasteiger partial charge in [0, 0.05) is 28.6 Å². The highest BCUT2D eigenvalue weighted by Gasteiger charge is 2.19. The normalized spacial score (nSPS) is 15.4. The molecule has 0 amide bonds. The quantitative estimate of drug-likeness (QED) is 0.422. The van der Waals surface area contributed by atoms with Crippen LogP contribution in [0.5, 0.6) is 0 Å². The lowest BCUT2D eigenvalue weighted by Gasteiger charge is -2.11. The highest BCUT2D eigenvalue weighted by atomic mass is 19.1. The molecule has 0 saturated heterocycles. The SMILES string of the molecule is Fc1ccc2c(c1)oc1c(-c3cc(C4CCCC4)ccn3)cccc12. The fourth-order valence-corrected chi connectivity index (χ4v) is 4.08. The Labute approximate surface area is 145 Å². The number of aromatic nitrogens is 1. The maximum absolute atomic E-state index is 13.5. The van der Waals surface area contributed by atoms with Gasteiger partial charge in [-0.3, -0.25) is 4.98 Å². The second kappa shape index (κ2) is 5.69. The molecule has 2 aromatic heterocycles. The number of para-hydroxylation sites is 1. The van der Waals surface area contributed by atoms with Crippen LogP contribution in [0.15, 0.2) is 59.1 Å². The van der Waals surface area contributed by atoms with Gasteiger partial charge in [0.25, 0.3) is 0 Å². The minimum Gasteiger partial charge on any atom is -0.455 e. The van der Waals surface area contributed by atoms with Crippen molar-refractivity contribution in [1.82, 2.24) is 4.98 Å². The Morgan fingerprint density at radius 3 is 2.72 bits per heavy atom. The summed E-state index contributed by atoms with van der Waals surface area (Å²) in [6.45, 7) is 0. The van der Waals surface area contributed by atoms with Gasteiger partial charge in [0.2, 0.25) is 0 Å². The summed E-state index contributed by atoms with van der Waals surface area (Å²) in [7, 11) is 0. The van der Waals surface area contributed by atoms with E-state index in [1.807, 2.05) is 24.4 Å². The first kappa shape index (κ1) is 14.6. The van der Waals surface area contributed by atoms with Gasteiger partial charge in [0.05, 0.1) is 5.69 Å². The molecule has 1 aliphatic rings. The first-order valence-corrected chi connectivity index (χ1v) is 8.87. The average Bonchev–Trinajstić information content (AvgIpc) is 3.29. The number of nitrogens with zero attached hydrogens (tertiary/aromatic N) is 1. The van der Waals surface area contributed by atoms with Crippen LogP contribution in [0.1, 0.15) is 37.2 Å². The Morgan fingerprint density at radius 2 is 1.84 bits per heavy atom. The molecular formula is C22H18FNO. The third-order valence-electron chi connectivity index (χ3n) is 5.35. The molecular weight excluding hydrogens is 313 g/mol. The molecule has 0 spiro atoms. The van der Waals surface area contributed by atoms with Crippen LogP contribution >= 0.6 is 0 Å². The van der Waals surface area contributed by atoms with Crippen LogP contribution in [0.3, 0.4) is 0 Å². The molecule has 25 heavy (non-hydrogen) atoms. The fourth-order valence-electron chi connectivity index (χ4n) is 4.08. The number of halogens is 1. The van der Waals surface area contributed by atoms with Crippen LogP contribution < -0.4 is 0 Å². The van der Waals surface area contributed by atoms with E-state index in [1.165, 1.54) is 43.4 Å². The summed E-state index contributed by atoms with van der Waals surface area (Å²) < 4.78 is 19.5. The number of rotatable bonds is 2. The van der Waals surface area contributed by atoms with Gasteiger partial charge in [-0.05, 0) is 54.7 Å². The molecule has 0 atom stereocenters. The Balaban J connectivity index is 1.70. The predicted octanol–water partition coefficient (Wildman–Crippen LogP) is 6.44. The summed E-state index contributed by atoms with van der Waals surface area (Å²) in [6, 6.07) is 15.1. The molecule has 0 unspecified atom stereocenters. The molecule has 124 valence electrons. The van der Waals surface area contributed by atoms with Crippen molar-refractivity contribution in [1.29, 1.82) is 0 Å². The monoisotopic (exact) mass is 331 g/mol. The number of hydrogen-bond donors (Lipinski definition) is 0. The van der Waals surface area contributed by atoms with Gasteiger partial charge in [-0.2, -0.15) is 0 Å². The zero-order valence-corrected chi connectivity index (χ0v) is 13.8. The molecule has 2 aromatic carbocycles. The zero-order chi connectivity index (χ0) is 16.8. The molecule has 4 aromatic rings. The summed E-state index contributed by atoms with van der Waals surface area (Å²) in [5.41, 5.74) is 4.61. The molecule has 1 aliphatic carbocycles. The van der Waals surface area contributed by atoms with Gasteiger partial charge in [-0.25, -0.2) is 4.39 Å². The highest BCUT2D eigenvalue weighted by Crippen LogP contribution is 2.38. The lowest BCUT2D eigenvalue weighted by molar-refractivity contribution is 0.618. The van der Waals surface area contributed by atoms with Crippen molar-refractivity contribution in [3.63, 3.8) is 0 Å². The second-order valence-electron chi connectivity index (χ2n) is 6.88. The first-order chi connectivity index (χ1) is 12.3. The molecule has 1 saturated carbocycles. The van der Waals surface area contributed by atoms with Crippen LogP contribution in [-0.4, -0.2) is 4.98 Å². The number of pyridine rings is 1. The smallest absolute Gasteiger partial charge is 0.144 e. The lowest BCUT2D eigenvalue weighted by atomic mass is 9.96. The largest absolute Gasteiger partial charge is 0.455 e. The van der Waals surface area contributed by atoms with Crippen molar-refractivity contribution < 1.29 is 8.81 Å². The highest BCUT2D eigenvalue weighted by molar-refractivity contribution is 6.09. The summed E-state index contributed by atoms with van der Waals surface area (Å²) in [5, 5.41) is 1.94. The molecule has 0 N–H and O–H groups in total. The van der Waals surface area contributed by atoms with E-state index >= 15 is 0 Å². The molecule has 2 nitrogen and oxygen atoms in total. The van der Waals surface area contributed by atoms with Crippen molar-refractivity contribution >= 4 is 21.9 Å². The lowest BCUT2D eigenvalue weighted by Crippen LogP contribution is -1.94. The van der Waals surface area contributed by atoms with Crippen LogP contribution in [-0.2, 0) is 0 Å². The molecule has 2 heterocycles. The summed E-state index contributed by atoms with van der Waals surface area (Å²) in [5.74, 6) is 0.361. The Hall–Kier alpha value is -2.68. The van der Waals surface area contributed by atoms with Gasteiger partial charge < -0.3 is 4.42 Å². The summed E-state index contributed by atoms with van der Waals surface area (Å²) in [4.78, 5) is 4.58. The van der Waals surface area contributed by atoms with E-state index in [2.05, 4.69) is 17.1 Å².